The van der Waals surface area contributed by atoms with Gasteiger partial charge in [-0.25, -0.2) is 0 Å². The van der Waals surface area contributed by atoms with Gasteiger partial charge in [-0.1, -0.05) is 6.07 Å². The molecule has 1 aromatic carbocycles. The van der Waals surface area contributed by atoms with Crippen LogP contribution in [-0.2, 0) is 4.74 Å². The molecule has 1 amide bonds. The Balaban J connectivity index is 1.98. The van der Waals surface area contributed by atoms with E-state index in [4.69, 9.17) is 4.74 Å². The maximum atomic E-state index is 12.5. The molecular weight excluding hydrogens is 266 g/mol. The van der Waals surface area contributed by atoms with Crippen LogP contribution >= 0.6 is 0 Å². The van der Waals surface area contributed by atoms with Gasteiger partial charge < -0.3 is 14.7 Å². The molecule has 2 rings (SSSR count). The molecule has 1 aromatic rings. The van der Waals surface area contributed by atoms with Crippen LogP contribution in [0.5, 0.6) is 5.75 Å². The van der Waals surface area contributed by atoms with Crippen molar-refractivity contribution in [3.05, 3.63) is 29.3 Å². The first-order valence-electron chi connectivity index (χ1n) is 7.69. The molecule has 0 spiro atoms. The van der Waals surface area contributed by atoms with Crippen molar-refractivity contribution in [2.24, 2.45) is 5.92 Å². The number of phenols is 1. The third kappa shape index (κ3) is 4.21. The van der Waals surface area contributed by atoms with Crippen molar-refractivity contribution in [3.8, 4) is 5.75 Å². The molecule has 1 atom stereocenters. The van der Waals surface area contributed by atoms with Gasteiger partial charge in [-0.3, -0.25) is 4.79 Å². The Kier molecular flexibility index (Phi) is 5.62. The summed E-state index contributed by atoms with van der Waals surface area (Å²) >= 11 is 0. The van der Waals surface area contributed by atoms with Gasteiger partial charge in [-0.05, 0) is 56.2 Å². The highest BCUT2D eigenvalue weighted by atomic mass is 16.5. The Morgan fingerprint density at radius 1 is 1.48 bits per heavy atom. The predicted molar refractivity (Wildman–Crippen MR) is 82.6 cm³/mol. The lowest BCUT2D eigenvalue weighted by atomic mass is 9.93. The van der Waals surface area contributed by atoms with Gasteiger partial charge in [0.2, 0.25) is 0 Å². The number of nitrogens with zero attached hydrogens (tertiary/aromatic N) is 1. The maximum absolute atomic E-state index is 12.5. The SMILES string of the molecule is COCCC[C@@H]1CCCN(C(=O)c2ccc(C)cc2O)C1. The fourth-order valence-corrected chi connectivity index (χ4v) is 2.99. The smallest absolute Gasteiger partial charge is 0.257 e. The number of aryl methyl sites for hydroxylation is 1. The number of benzene rings is 1. The van der Waals surface area contributed by atoms with Crippen molar-refractivity contribution in [3.63, 3.8) is 0 Å². The minimum Gasteiger partial charge on any atom is -0.507 e. The summed E-state index contributed by atoms with van der Waals surface area (Å²) in [5.41, 5.74) is 1.37. The molecule has 21 heavy (non-hydrogen) atoms. The lowest BCUT2D eigenvalue weighted by Gasteiger charge is -2.33. The normalized spacial score (nSPS) is 18.8. The van der Waals surface area contributed by atoms with E-state index in [1.165, 1.54) is 6.42 Å². The van der Waals surface area contributed by atoms with Crippen molar-refractivity contribution in [1.29, 1.82) is 0 Å². The predicted octanol–water partition coefficient (Wildman–Crippen LogP) is 2.98. The molecule has 1 saturated heterocycles. The molecule has 0 unspecified atom stereocenters. The van der Waals surface area contributed by atoms with Crippen LogP contribution < -0.4 is 0 Å². The Hall–Kier alpha value is -1.55. The van der Waals surface area contributed by atoms with Gasteiger partial charge in [-0.2, -0.15) is 0 Å². The topological polar surface area (TPSA) is 49.8 Å². The zero-order valence-corrected chi connectivity index (χ0v) is 13.0. The summed E-state index contributed by atoms with van der Waals surface area (Å²) < 4.78 is 5.09. The van der Waals surface area contributed by atoms with Crippen LogP contribution in [0.4, 0.5) is 0 Å². The molecule has 4 heteroatoms. The maximum Gasteiger partial charge on any atom is 0.257 e. The van der Waals surface area contributed by atoms with E-state index in [0.29, 0.717) is 11.5 Å². The second kappa shape index (κ2) is 7.46. The molecule has 0 radical (unpaired) electrons. The summed E-state index contributed by atoms with van der Waals surface area (Å²) in [5.74, 6) is 0.580. The highest BCUT2D eigenvalue weighted by molar-refractivity contribution is 5.97. The van der Waals surface area contributed by atoms with E-state index >= 15 is 0 Å². The van der Waals surface area contributed by atoms with E-state index in [1.807, 2.05) is 17.9 Å². The Morgan fingerprint density at radius 3 is 3.00 bits per heavy atom. The number of hydrogen-bond acceptors (Lipinski definition) is 3. The Morgan fingerprint density at radius 2 is 2.29 bits per heavy atom. The van der Waals surface area contributed by atoms with E-state index < -0.39 is 0 Å². The standard InChI is InChI=1S/C17H25NO3/c1-13-7-8-15(16(19)11-13)17(20)18-9-3-5-14(12-18)6-4-10-21-2/h7-8,11,14,19H,3-6,9-10,12H2,1-2H3/t14-/m0/s1. The highest BCUT2D eigenvalue weighted by Crippen LogP contribution is 2.25. The molecule has 0 bridgehead atoms. The average Bonchev–Trinajstić information content (AvgIpc) is 2.47. The van der Waals surface area contributed by atoms with Crippen molar-refractivity contribution in [2.75, 3.05) is 26.8 Å². The second-order valence-corrected chi connectivity index (χ2v) is 5.92. The first-order valence-corrected chi connectivity index (χ1v) is 7.69. The van der Waals surface area contributed by atoms with Gasteiger partial charge in [0.15, 0.2) is 0 Å². The molecule has 0 aliphatic carbocycles. The van der Waals surface area contributed by atoms with Crippen LogP contribution in [0, 0.1) is 12.8 Å². The van der Waals surface area contributed by atoms with Crippen LogP contribution in [0.1, 0.15) is 41.6 Å². The van der Waals surface area contributed by atoms with E-state index in [2.05, 4.69) is 0 Å². The molecule has 0 aromatic heterocycles. The van der Waals surface area contributed by atoms with E-state index in [1.54, 1.807) is 19.2 Å². The quantitative estimate of drug-likeness (QED) is 0.849. The number of hydrogen-bond donors (Lipinski definition) is 1. The van der Waals surface area contributed by atoms with Crippen molar-refractivity contribution < 1.29 is 14.6 Å². The number of carbonyl (C=O) groups is 1. The number of phenolic OH excluding ortho intramolecular Hbond substituents is 1. The summed E-state index contributed by atoms with van der Waals surface area (Å²) in [4.78, 5) is 14.4. The summed E-state index contributed by atoms with van der Waals surface area (Å²) in [5, 5.41) is 9.97. The first-order chi connectivity index (χ1) is 10.1. The Labute approximate surface area is 126 Å². The van der Waals surface area contributed by atoms with E-state index in [9.17, 15) is 9.90 Å². The van der Waals surface area contributed by atoms with Gasteiger partial charge in [0.1, 0.15) is 5.75 Å². The van der Waals surface area contributed by atoms with Crippen molar-refractivity contribution in [2.45, 2.75) is 32.6 Å². The number of ether oxygens (including phenoxy) is 1. The second-order valence-electron chi connectivity index (χ2n) is 5.92. The van der Waals surface area contributed by atoms with Crippen LogP contribution in [0.3, 0.4) is 0 Å². The zero-order chi connectivity index (χ0) is 15.2. The molecule has 1 aliphatic heterocycles. The first kappa shape index (κ1) is 15.8. The van der Waals surface area contributed by atoms with Crippen LogP contribution in [0.2, 0.25) is 0 Å². The zero-order valence-electron chi connectivity index (χ0n) is 13.0. The third-order valence-electron chi connectivity index (χ3n) is 4.15. The number of amides is 1. The highest BCUT2D eigenvalue weighted by Gasteiger charge is 2.25. The Bertz CT molecular complexity index is 487. The monoisotopic (exact) mass is 291 g/mol. The van der Waals surface area contributed by atoms with Crippen molar-refractivity contribution in [1.82, 2.24) is 4.90 Å². The van der Waals surface area contributed by atoms with E-state index in [-0.39, 0.29) is 11.7 Å². The third-order valence-corrected chi connectivity index (χ3v) is 4.15. The summed E-state index contributed by atoms with van der Waals surface area (Å²) in [6.07, 6.45) is 4.35. The van der Waals surface area contributed by atoms with Gasteiger partial charge in [0.25, 0.3) is 5.91 Å². The molecule has 4 nitrogen and oxygen atoms in total. The summed E-state index contributed by atoms with van der Waals surface area (Å²) in [6, 6.07) is 5.24. The summed E-state index contributed by atoms with van der Waals surface area (Å²) in [7, 11) is 1.72. The molecule has 1 fully saturated rings. The number of rotatable bonds is 5. The molecule has 0 saturated carbocycles. The van der Waals surface area contributed by atoms with E-state index in [0.717, 1.165) is 44.5 Å². The summed E-state index contributed by atoms with van der Waals surface area (Å²) in [6.45, 7) is 4.26. The fourth-order valence-electron chi connectivity index (χ4n) is 2.99. The van der Waals surface area contributed by atoms with Gasteiger partial charge in [0.05, 0.1) is 5.56 Å². The number of carbonyl (C=O) groups excluding carboxylic acids is 1. The average molecular weight is 291 g/mol. The van der Waals surface area contributed by atoms with Crippen molar-refractivity contribution >= 4 is 5.91 Å². The number of likely N-dealkylation sites (tertiary alicyclic amines) is 1. The van der Waals surface area contributed by atoms with Crippen LogP contribution in [-0.4, -0.2) is 42.7 Å². The largest absolute Gasteiger partial charge is 0.507 e. The van der Waals surface area contributed by atoms with Gasteiger partial charge >= 0.3 is 0 Å². The number of aromatic hydroxyl groups is 1. The van der Waals surface area contributed by atoms with Gasteiger partial charge in [-0.15, -0.1) is 0 Å². The number of piperidine rings is 1. The molecule has 1 heterocycles. The fraction of sp³-hybridized carbons (Fsp3) is 0.588. The molecule has 116 valence electrons. The number of methoxy groups -OCH3 is 1. The molecule has 1 N–H and O–H groups in total. The minimum atomic E-state index is -0.0519. The molecule has 1 aliphatic rings. The lowest BCUT2D eigenvalue weighted by Crippen LogP contribution is -2.40. The lowest BCUT2D eigenvalue weighted by molar-refractivity contribution is 0.0657. The minimum absolute atomic E-state index is 0.0519. The molecular formula is C17H25NO3. The van der Waals surface area contributed by atoms with Crippen LogP contribution in [0.25, 0.3) is 0 Å². The van der Waals surface area contributed by atoms with Crippen LogP contribution in [0.15, 0.2) is 18.2 Å². The van der Waals surface area contributed by atoms with Gasteiger partial charge in [0, 0.05) is 26.8 Å².